The molecule has 19 heavy (non-hydrogen) atoms. The number of fused-ring (bicyclic) bond motifs is 1. The summed E-state index contributed by atoms with van der Waals surface area (Å²) in [5.74, 6) is 1.04. The number of halogens is 2. The molecule has 7 heteroatoms. The van der Waals surface area contributed by atoms with Gasteiger partial charge in [-0.05, 0) is 6.92 Å². The Kier molecular flexibility index (Phi) is 3.92. The van der Waals surface area contributed by atoms with Crippen molar-refractivity contribution in [1.29, 1.82) is 0 Å². The average molecular weight is 270 g/mol. The molecule has 0 atom stereocenters. The van der Waals surface area contributed by atoms with Crippen LogP contribution in [0.4, 0.5) is 8.78 Å². The minimum absolute atomic E-state index is 0.0820. The van der Waals surface area contributed by atoms with Gasteiger partial charge in [-0.25, -0.2) is 18.4 Å². The van der Waals surface area contributed by atoms with Gasteiger partial charge in [0.05, 0.1) is 12.8 Å². The van der Waals surface area contributed by atoms with Crippen molar-refractivity contribution in [1.82, 2.24) is 19.7 Å². The summed E-state index contributed by atoms with van der Waals surface area (Å²) in [6, 6.07) is 0. The van der Waals surface area contributed by atoms with E-state index in [0.717, 1.165) is 0 Å². The zero-order valence-corrected chi connectivity index (χ0v) is 11.1. The highest BCUT2D eigenvalue weighted by molar-refractivity contribution is 5.80. The second-order valence-corrected chi connectivity index (χ2v) is 4.43. The molecule has 0 bridgehead atoms. The number of rotatable bonds is 5. The summed E-state index contributed by atoms with van der Waals surface area (Å²) < 4.78 is 31.6. The van der Waals surface area contributed by atoms with E-state index in [1.807, 2.05) is 20.8 Å². The van der Waals surface area contributed by atoms with Crippen LogP contribution < -0.4 is 4.74 Å². The molecule has 0 saturated heterocycles. The Balaban J connectivity index is 2.57. The van der Waals surface area contributed by atoms with E-state index in [4.69, 9.17) is 4.74 Å². The number of ether oxygens (including phenoxy) is 1. The molecule has 0 aliphatic rings. The van der Waals surface area contributed by atoms with Gasteiger partial charge >= 0.3 is 0 Å². The number of alkyl halides is 2. The third-order valence-electron chi connectivity index (χ3n) is 2.59. The zero-order chi connectivity index (χ0) is 14.0. The van der Waals surface area contributed by atoms with Gasteiger partial charge < -0.3 is 4.74 Å². The number of hydrogen-bond donors (Lipinski definition) is 0. The maximum Gasteiger partial charge on any atom is 0.258 e. The molecule has 2 aromatic heterocycles. The zero-order valence-electron chi connectivity index (χ0n) is 11.1. The lowest BCUT2D eigenvalue weighted by Crippen LogP contribution is -2.10. The Labute approximate surface area is 109 Å². The van der Waals surface area contributed by atoms with Gasteiger partial charge in [0.2, 0.25) is 5.88 Å². The minimum Gasteiger partial charge on any atom is -0.477 e. The first-order valence-electron chi connectivity index (χ1n) is 6.17. The van der Waals surface area contributed by atoms with Crippen LogP contribution in [0.1, 0.15) is 32.5 Å². The second kappa shape index (κ2) is 5.46. The van der Waals surface area contributed by atoms with Crippen molar-refractivity contribution in [2.45, 2.75) is 39.7 Å². The van der Waals surface area contributed by atoms with Gasteiger partial charge in [0, 0.05) is 5.92 Å². The fraction of sp³-hybridized carbons (Fsp3) is 0.583. The summed E-state index contributed by atoms with van der Waals surface area (Å²) in [7, 11) is 0. The van der Waals surface area contributed by atoms with Crippen molar-refractivity contribution >= 4 is 11.0 Å². The van der Waals surface area contributed by atoms with Crippen molar-refractivity contribution in [3.05, 3.63) is 12.0 Å². The first-order valence-corrected chi connectivity index (χ1v) is 6.17. The van der Waals surface area contributed by atoms with Gasteiger partial charge in [-0.15, -0.1) is 0 Å². The normalized spacial score (nSPS) is 11.7. The van der Waals surface area contributed by atoms with Crippen LogP contribution >= 0.6 is 0 Å². The fourth-order valence-corrected chi connectivity index (χ4v) is 1.71. The minimum atomic E-state index is -2.48. The Morgan fingerprint density at radius 2 is 2.05 bits per heavy atom. The average Bonchev–Trinajstić information content (AvgIpc) is 2.72. The second-order valence-electron chi connectivity index (χ2n) is 4.43. The summed E-state index contributed by atoms with van der Waals surface area (Å²) >= 11 is 0. The van der Waals surface area contributed by atoms with Crippen LogP contribution in [-0.2, 0) is 6.54 Å². The van der Waals surface area contributed by atoms with Gasteiger partial charge in [0.1, 0.15) is 17.8 Å². The van der Waals surface area contributed by atoms with E-state index in [2.05, 4.69) is 15.1 Å². The number of hydrogen-bond acceptors (Lipinski definition) is 4. The molecular formula is C12H16F2N4O. The molecule has 104 valence electrons. The molecular weight excluding hydrogens is 254 g/mol. The van der Waals surface area contributed by atoms with E-state index in [0.29, 0.717) is 29.3 Å². The largest absolute Gasteiger partial charge is 0.477 e. The van der Waals surface area contributed by atoms with Crippen molar-refractivity contribution < 1.29 is 13.5 Å². The summed E-state index contributed by atoms with van der Waals surface area (Å²) in [5, 5.41) is 4.49. The highest BCUT2D eigenvalue weighted by atomic mass is 19.3. The van der Waals surface area contributed by atoms with E-state index >= 15 is 0 Å². The van der Waals surface area contributed by atoms with Crippen molar-refractivity contribution in [3.8, 4) is 5.88 Å². The molecule has 2 rings (SSSR count). The van der Waals surface area contributed by atoms with E-state index in [1.54, 1.807) is 0 Å². The lowest BCUT2D eigenvalue weighted by molar-refractivity contribution is 0.123. The lowest BCUT2D eigenvalue weighted by atomic mass is 10.2. The van der Waals surface area contributed by atoms with Crippen LogP contribution in [-0.4, -0.2) is 32.8 Å². The van der Waals surface area contributed by atoms with Gasteiger partial charge in [-0.1, -0.05) is 13.8 Å². The molecule has 0 fully saturated rings. The molecule has 0 N–H and O–H groups in total. The first kappa shape index (κ1) is 13.6. The topological polar surface area (TPSA) is 52.8 Å². The van der Waals surface area contributed by atoms with E-state index in [9.17, 15) is 8.78 Å². The molecule has 0 aliphatic carbocycles. The monoisotopic (exact) mass is 270 g/mol. The van der Waals surface area contributed by atoms with Crippen molar-refractivity contribution in [2.24, 2.45) is 0 Å². The number of nitrogens with zero attached hydrogens (tertiary/aromatic N) is 4. The fourth-order valence-electron chi connectivity index (χ4n) is 1.71. The highest BCUT2D eigenvalue weighted by Gasteiger charge is 2.17. The third kappa shape index (κ3) is 2.80. The molecule has 0 unspecified atom stereocenters. The Morgan fingerprint density at radius 1 is 1.32 bits per heavy atom. The third-order valence-corrected chi connectivity index (χ3v) is 2.59. The van der Waals surface area contributed by atoms with Gasteiger partial charge in [-0.2, -0.15) is 10.1 Å². The smallest absolute Gasteiger partial charge is 0.258 e. The Hall–Kier alpha value is -1.79. The predicted molar refractivity (Wildman–Crippen MR) is 66.6 cm³/mol. The molecule has 0 amide bonds. The molecule has 5 nitrogen and oxygen atoms in total. The first-order chi connectivity index (χ1) is 9.02. The molecule has 0 aromatic carbocycles. The summed E-state index contributed by atoms with van der Waals surface area (Å²) in [5.41, 5.74) is 0.391. The SMILES string of the molecule is CCOc1nc(C(C)C)nc2c1cnn2CC(F)F. The molecule has 0 spiro atoms. The summed E-state index contributed by atoms with van der Waals surface area (Å²) in [6.45, 7) is 5.68. The predicted octanol–water partition coefficient (Wildman–Crippen LogP) is 2.61. The molecule has 0 aliphatic heterocycles. The highest BCUT2D eigenvalue weighted by Crippen LogP contribution is 2.25. The Bertz CT molecular complexity index is 568. The quantitative estimate of drug-likeness (QED) is 0.838. The van der Waals surface area contributed by atoms with E-state index < -0.39 is 13.0 Å². The van der Waals surface area contributed by atoms with Crippen LogP contribution in [0, 0.1) is 0 Å². The summed E-state index contributed by atoms with van der Waals surface area (Å²) in [4.78, 5) is 8.62. The van der Waals surface area contributed by atoms with Crippen LogP contribution in [0.25, 0.3) is 11.0 Å². The molecule has 0 saturated carbocycles. The maximum atomic E-state index is 12.5. The van der Waals surface area contributed by atoms with Crippen LogP contribution in [0.5, 0.6) is 5.88 Å². The maximum absolute atomic E-state index is 12.5. The number of aromatic nitrogens is 4. The standard InChI is InChI=1S/C12H16F2N4O/c1-4-19-12-8-5-15-18(6-9(13)14)11(8)16-10(17-12)7(2)3/h5,7,9H,4,6H2,1-3H3. The van der Waals surface area contributed by atoms with E-state index in [-0.39, 0.29) is 5.92 Å². The molecule has 0 radical (unpaired) electrons. The van der Waals surface area contributed by atoms with Crippen LogP contribution in [0.2, 0.25) is 0 Å². The Morgan fingerprint density at radius 3 is 2.63 bits per heavy atom. The van der Waals surface area contributed by atoms with Crippen LogP contribution in [0.15, 0.2) is 6.20 Å². The molecule has 2 heterocycles. The van der Waals surface area contributed by atoms with Gasteiger partial charge in [0.25, 0.3) is 6.43 Å². The van der Waals surface area contributed by atoms with Crippen molar-refractivity contribution in [3.63, 3.8) is 0 Å². The summed E-state index contributed by atoms with van der Waals surface area (Å²) in [6.07, 6.45) is -1.01. The van der Waals surface area contributed by atoms with E-state index in [1.165, 1.54) is 10.9 Å². The van der Waals surface area contributed by atoms with Crippen molar-refractivity contribution in [2.75, 3.05) is 6.61 Å². The van der Waals surface area contributed by atoms with Gasteiger partial charge in [0.15, 0.2) is 5.65 Å². The van der Waals surface area contributed by atoms with Crippen LogP contribution in [0.3, 0.4) is 0 Å². The van der Waals surface area contributed by atoms with Gasteiger partial charge in [-0.3, -0.25) is 0 Å². The lowest BCUT2D eigenvalue weighted by Gasteiger charge is -2.09. The molecule has 2 aromatic rings.